The SMILES string of the molecule is C[C@H]1C[C@H](C)CN(S(=O)(=O)c2ccc(NS(=O)(=O)c3cccs3)cc2)C1. The molecule has 0 radical (unpaired) electrons. The van der Waals surface area contributed by atoms with Crippen LogP contribution in [0, 0.1) is 11.8 Å². The van der Waals surface area contributed by atoms with E-state index < -0.39 is 20.0 Å². The molecule has 9 heteroatoms. The molecule has 1 saturated heterocycles. The van der Waals surface area contributed by atoms with Crippen LogP contribution in [0.25, 0.3) is 0 Å². The molecule has 1 fully saturated rings. The molecule has 0 aliphatic carbocycles. The van der Waals surface area contributed by atoms with E-state index in [1.807, 2.05) is 0 Å². The lowest BCUT2D eigenvalue weighted by Crippen LogP contribution is -2.42. The molecule has 2 heterocycles. The zero-order valence-electron chi connectivity index (χ0n) is 14.6. The molecule has 3 rings (SSSR count). The van der Waals surface area contributed by atoms with Crippen LogP contribution >= 0.6 is 11.3 Å². The Hall–Kier alpha value is -1.42. The van der Waals surface area contributed by atoms with Gasteiger partial charge in [-0.25, -0.2) is 16.8 Å². The molecule has 2 atom stereocenters. The van der Waals surface area contributed by atoms with Crippen LogP contribution in [-0.2, 0) is 20.0 Å². The van der Waals surface area contributed by atoms with Crippen LogP contribution in [0.15, 0.2) is 50.9 Å². The highest BCUT2D eigenvalue weighted by Crippen LogP contribution is 2.27. The van der Waals surface area contributed by atoms with Gasteiger partial charge < -0.3 is 0 Å². The van der Waals surface area contributed by atoms with E-state index in [9.17, 15) is 16.8 Å². The molecule has 1 aliphatic rings. The number of sulfonamides is 2. The molecular weight excluding hydrogens is 392 g/mol. The van der Waals surface area contributed by atoms with Gasteiger partial charge in [-0.3, -0.25) is 4.72 Å². The second kappa shape index (κ2) is 7.30. The Morgan fingerprint density at radius 1 is 1.00 bits per heavy atom. The molecule has 142 valence electrons. The van der Waals surface area contributed by atoms with E-state index in [-0.39, 0.29) is 9.10 Å². The lowest BCUT2D eigenvalue weighted by atomic mass is 9.94. The summed E-state index contributed by atoms with van der Waals surface area (Å²) in [6.45, 7) is 5.14. The Balaban J connectivity index is 1.79. The fraction of sp³-hybridized carbons (Fsp3) is 0.412. The van der Waals surface area contributed by atoms with Crippen LogP contribution in [0.5, 0.6) is 0 Å². The van der Waals surface area contributed by atoms with Gasteiger partial charge in [-0.1, -0.05) is 19.9 Å². The van der Waals surface area contributed by atoms with Crippen molar-refractivity contribution in [2.45, 2.75) is 29.4 Å². The highest BCUT2D eigenvalue weighted by atomic mass is 32.2. The standard InChI is InChI=1S/C17H22N2O4S3/c1-13-10-14(2)12-19(11-13)26(22,23)16-7-5-15(6-8-16)18-25(20,21)17-4-3-9-24-17/h3-9,13-14,18H,10-12H2,1-2H3/t13-,14-/m0/s1. The summed E-state index contributed by atoms with van der Waals surface area (Å²) in [4.78, 5) is 0.179. The summed E-state index contributed by atoms with van der Waals surface area (Å²) < 4.78 is 54.4. The van der Waals surface area contributed by atoms with Crippen molar-refractivity contribution in [3.8, 4) is 0 Å². The molecule has 2 aromatic rings. The van der Waals surface area contributed by atoms with E-state index in [1.54, 1.807) is 11.4 Å². The number of thiophene rings is 1. The number of piperidine rings is 1. The van der Waals surface area contributed by atoms with E-state index in [0.717, 1.165) is 17.8 Å². The van der Waals surface area contributed by atoms with Crippen molar-refractivity contribution in [3.63, 3.8) is 0 Å². The number of hydrogen-bond donors (Lipinski definition) is 1. The van der Waals surface area contributed by atoms with Gasteiger partial charge in [-0.15, -0.1) is 11.3 Å². The predicted octanol–water partition coefficient (Wildman–Crippen LogP) is 3.22. The Labute approximate surface area is 159 Å². The number of nitrogens with zero attached hydrogens (tertiary/aromatic N) is 1. The van der Waals surface area contributed by atoms with Crippen LogP contribution in [0.2, 0.25) is 0 Å². The summed E-state index contributed by atoms with van der Waals surface area (Å²) >= 11 is 1.12. The molecule has 0 amide bonds. The maximum atomic E-state index is 12.9. The van der Waals surface area contributed by atoms with Crippen molar-refractivity contribution < 1.29 is 16.8 Å². The van der Waals surface area contributed by atoms with Gasteiger partial charge in [0.1, 0.15) is 4.21 Å². The van der Waals surface area contributed by atoms with Crippen LogP contribution in [0.3, 0.4) is 0 Å². The van der Waals surface area contributed by atoms with Crippen LogP contribution in [0.1, 0.15) is 20.3 Å². The molecule has 26 heavy (non-hydrogen) atoms. The second-order valence-corrected chi connectivity index (χ2v) is 11.6. The normalized spacial score (nSPS) is 22.2. The van der Waals surface area contributed by atoms with Crippen molar-refractivity contribution in [1.82, 2.24) is 4.31 Å². The van der Waals surface area contributed by atoms with Gasteiger partial charge in [0.15, 0.2) is 0 Å². The summed E-state index contributed by atoms with van der Waals surface area (Å²) in [5.74, 6) is 0.649. The van der Waals surface area contributed by atoms with Crippen molar-refractivity contribution in [2.24, 2.45) is 11.8 Å². The van der Waals surface area contributed by atoms with Crippen molar-refractivity contribution in [3.05, 3.63) is 41.8 Å². The molecule has 1 N–H and O–H groups in total. The van der Waals surface area contributed by atoms with E-state index in [2.05, 4.69) is 18.6 Å². The van der Waals surface area contributed by atoms with Crippen molar-refractivity contribution >= 4 is 37.1 Å². The molecular formula is C17H22N2O4S3. The summed E-state index contributed by atoms with van der Waals surface area (Å²) in [7, 11) is -7.22. The highest BCUT2D eigenvalue weighted by Gasteiger charge is 2.31. The number of anilines is 1. The van der Waals surface area contributed by atoms with Gasteiger partial charge in [0.2, 0.25) is 10.0 Å². The lowest BCUT2D eigenvalue weighted by Gasteiger charge is -2.34. The summed E-state index contributed by atoms with van der Waals surface area (Å²) in [6, 6.07) is 9.04. The van der Waals surface area contributed by atoms with Gasteiger partial charge in [0.25, 0.3) is 10.0 Å². The summed E-state index contributed by atoms with van der Waals surface area (Å²) in [5, 5.41) is 1.69. The molecule has 1 aromatic heterocycles. The van der Waals surface area contributed by atoms with Crippen molar-refractivity contribution in [1.29, 1.82) is 0 Å². The van der Waals surface area contributed by atoms with Gasteiger partial charge in [-0.2, -0.15) is 4.31 Å². The quantitative estimate of drug-likeness (QED) is 0.814. The molecule has 1 aromatic carbocycles. The van der Waals surface area contributed by atoms with Gasteiger partial charge in [0.05, 0.1) is 4.90 Å². The van der Waals surface area contributed by atoms with Gasteiger partial charge >= 0.3 is 0 Å². The first-order valence-corrected chi connectivity index (χ1v) is 12.2. The Kier molecular flexibility index (Phi) is 5.43. The van der Waals surface area contributed by atoms with E-state index in [1.165, 1.54) is 34.6 Å². The minimum Gasteiger partial charge on any atom is -0.279 e. The minimum absolute atomic E-state index is 0.179. The van der Waals surface area contributed by atoms with E-state index in [4.69, 9.17) is 0 Å². The molecule has 0 unspecified atom stereocenters. The van der Waals surface area contributed by atoms with E-state index >= 15 is 0 Å². The average Bonchev–Trinajstić information content (AvgIpc) is 3.09. The predicted molar refractivity (Wildman–Crippen MR) is 103 cm³/mol. The Bertz CT molecular complexity index is 942. The molecule has 0 spiro atoms. The Morgan fingerprint density at radius 3 is 2.15 bits per heavy atom. The first-order chi connectivity index (χ1) is 12.2. The highest BCUT2D eigenvalue weighted by molar-refractivity contribution is 7.94. The Morgan fingerprint density at radius 2 is 1.62 bits per heavy atom. The monoisotopic (exact) mass is 414 g/mol. The lowest BCUT2D eigenvalue weighted by molar-refractivity contribution is 0.222. The fourth-order valence-electron chi connectivity index (χ4n) is 3.27. The molecule has 0 saturated carbocycles. The van der Waals surface area contributed by atoms with Gasteiger partial charge in [0, 0.05) is 18.8 Å². The van der Waals surface area contributed by atoms with Gasteiger partial charge in [-0.05, 0) is 54.0 Å². The van der Waals surface area contributed by atoms with E-state index in [0.29, 0.717) is 30.6 Å². The summed E-state index contributed by atoms with van der Waals surface area (Å²) in [6.07, 6.45) is 1.02. The summed E-state index contributed by atoms with van der Waals surface area (Å²) in [5.41, 5.74) is 0.331. The number of benzene rings is 1. The topological polar surface area (TPSA) is 83.6 Å². The van der Waals surface area contributed by atoms with Crippen LogP contribution in [-0.4, -0.2) is 34.2 Å². The third kappa shape index (κ3) is 4.11. The third-order valence-corrected chi connectivity index (χ3v) is 8.96. The number of nitrogens with one attached hydrogen (secondary N) is 1. The van der Waals surface area contributed by atoms with Crippen molar-refractivity contribution in [2.75, 3.05) is 17.8 Å². The second-order valence-electron chi connectivity index (χ2n) is 6.83. The maximum Gasteiger partial charge on any atom is 0.271 e. The smallest absolute Gasteiger partial charge is 0.271 e. The number of hydrogen-bond acceptors (Lipinski definition) is 5. The first-order valence-electron chi connectivity index (χ1n) is 8.35. The zero-order valence-corrected chi connectivity index (χ0v) is 17.1. The molecule has 6 nitrogen and oxygen atoms in total. The zero-order chi connectivity index (χ0) is 18.9. The van der Waals surface area contributed by atoms with Crippen LogP contribution in [0.4, 0.5) is 5.69 Å². The average molecular weight is 415 g/mol. The largest absolute Gasteiger partial charge is 0.279 e. The van der Waals surface area contributed by atoms with Crippen LogP contribution < -0.4 is 4.72 Å². The fourth-order valence-corrected chi connectivity index (χ4v) is 7.00. The number of rotatable bonds is 5. The molecule has 0 bridgehead atoms. The maximum absolute atomic E-state index is 12.9. The third-order valence-electron chi connectivity index (χ3n) is 4.34. The minimum atomic E-state index is -3.64. The molecule has 1 aliphatic heterocycles. The first kappa shape index (κ1) is 19.3.